The molecular formula is C15H23FNO2+. The number of benzene rings is 1. The maximum Gasteiger partial charge on any atom is 0.128 e. The van der Waals surface area contributed by atoms with Crippen LogP contribution in [0.5, 0.6) is 0 Å². The SMILES string of the molecule is O[C@@H](COCc1ccccc1F)C[NH+]1CCCCC1. The van der Waals surface area contributed by atoms with Crippen LogP contribution in [-0.4, -0.2) is 37.5 Å². The molecule has 0 spiro atoms. The Bertz CT molecular complexity index is 380. The molecule has 19 heavy (non-hydrogen) atoms. The molecule has 0 radical (unpaired) electrons. The lowest BCUT2D eigenvalue weighted by Gasteiger charge is -2.25. The second kappa shape index (κ2) is 7.58. The van der Waals surface area contributed by atoms with E-state index in [1.54, 1.807) is 18.2 Å². The van der Waals surface area contributed by atoms with Crippen LogP contribution in [0.1, 0.15) is 24.8 Å². The lowest BCUT2D eigenvalue weighted by atomic mass is 10.1. The van der Waals surface area contributed by atoms with Gasteiger partial charge in [0, 0.05) is 5.56 Å². The summed E-state index contributed by atoms with van der Waals surface area (Å²) in [6.45, 7) is 3.52. The van der Waals surface area contributed by atoms with Gasteiger partial charge < -0.3 is 14.7 Å². The second-order valence-corrected chi connectivity index (χ2v) is 5.28. The van der Waals surface area contributed by atoms with Crippen LogP contribution < -0.4 is 4.90 Å². The lowest BCUT2D eigenvalue weighted by Crippen LogP contribution is -3.14. The molecule has 1 aromatic rings. The summed E-state index contributed by atoms with van der Waals surface area (Å²) >= 11 is 0. The van der Waals surface area contributed by atoms with Gasteiger partial charge in [0.15, 0.2) is 0 Å². The summed E-state index contributed by atoms with van der Waals surface area (Å²) in [5.41, 5.74) is 0.542. The van der Waals surface area contributed by atoms with Gasteiger partial charge >= 0.3 is 0 Å². The maximum absolute atomic E-state index is 13.3. The fourth-order valence-electron chi connectivity index (χ4n) is 2.57. The molecule has 106 valence electrons. The first-order valence-electron chi connectivity index (χ1n) is 7.08. The molecule has 0 unspecified atom stereocenters. The first-order chi connectivity index (χ1) is 9.25. The van der Waals surface area contributed by atoms with Crippen molar-refractivity contribution in [3.05, 3.63) is 35.6 Å². The largest absolute Gasteiger partial charge is 0.385 e. The van der Waals surface area contributed by atoms with Crippen molar-refractivity contribution in [3.63, 3.8) is 0 Å². The van der Waals surface area contributed by atoms with Crippen LogP contribution in [0.15, 0.2) is 24.3 Å². The summed E-state index contributed by atoms with van der Waals surface area (Å²) in [6.07, 6.45) is 3.35. The minimum atomic E-state index is -0.458. The van der Waals surface area contributed by atoms with E-state index in [2.05, 4.69) is 0 Å². The zero-order valence-electron chi connectivity index (χ0n) is 11.3. The van der Waals surface area contributed by atoms with E-state index in [4.69, 9.17) is 4.74 Å². The van der Waals surface area contributed by atoms with Crippen molar-refractivity contribution in [1.82, 2.24) is 0 Å². The van der Waals surface area contributed by atoms with Crippen LogP contribution >= 0.6 is 0 Å². The van der Waals surface area contributed by atoms with E-state index in [1.165, 1.54) is 30.2 Å². The fraction of sp³-hybridized carbons (Fsp3) is 0.600. The Kier molecular flexibility index (Phi) is 5.76. The van der Waals surface area contributed by atoms with Crippen LogP contribution in [0.2, 0.25) is 0 Å². The molecule has 0 amide bonds. The molecule has 3 nitrogen and oxygen atoms in total. The van der Waals surface area contributed by atoms with E-state index in [0.717, 1.165) is 19.6 Å². The number of halogens is 1. The van der Waals surface area contributed by atoms with Crippen molar-refractivity contribution in [2.45, 2.75) is 32.0 Å². The minimum absolute atomic E-state index is 0.221. The van der Waals surface area contributed by atoms with Crippen LogP contribution in [-0.2, 0) is 11.3 Å². The predicted molar refractivity (Wildman–Crippen MR) is 71.5 cm³/mol. The fourth-order valence-corrected chi connectivity index (χ4v) is 2.57. The molecule has 0 aliphatic carbocycles. The van der Waals surface area contributed by atoms with Crippen molar-refractivity contribution < 1.29 is 19.1 Å². The summed E-state index contributed by atoms with van der Waals surface area (Å²) in [7, 11) is 0. The highest BCUT2D eigenvalue weighted by molar-refractivity contribution is 5.16. The summed E-state index contributed by atoms with van der Waals surface area (Å²) in [4.78, 5) is 1.45. The number of aliphatic hydroxyl groups excluding tert-OH is 1. The number of piperidine rings is 1. The Morgan fingerprint density at radius 1 is 1.21 bits per heavy atom. The summed E-state index contributed by atoms with van der Waals surface area (Å²) < 4.78 is 18.7. The average molecular weight is 268 g/mol. The van der Waals surface area contributed by atoms with Gasteiger partial charge in [-0.3, -0.25) is 0 Å². The highest BCUT2D eigenvalue weighted by atomic mass is 19.1. The Morgan fingerprint density at radius 3 is 2.68 bits per heavy atom. The Labute approximate surface area is 114 Å². The summed E-state index contributed by atoms with van der Waals surface area (Å²) in [5, 5.41) is 9.91. The molecule has 0 aromatic heterocycles. The first kappa shape index (κ1) is 14.4. The predicted octanol–water partition coefficient (Wildman–Crippen LogP) is 0.772. The number of rotatable bonds is 6. The standard InChI is InChI=1S/C15H22FNO2/c16-15-7-3-2-6-13(15)11-19-12-14(18)10-17-8-4-1-5-9-17/h2-3,6-7,14,18H,1,4-5,8-12H2/p+1/t14-/m1/s1. The van der Waals surface area contributed by atoms with Crippen molar-refractivity contribution in [3.8, 4) is 0 Å². The quantitative estimate of drug-likeness (QED) is 0.799. The summed E-state index contributed by atoms with van der Waals surface area (Å²) in [6, 6.07) is 6.58. The van der Waals surface area contributed by atoms with Crippen LogP contribution in [0, 0.1) is 5.82 Å². The molecule has 2 N–H and O–H groups in total. The van der Waals surface area contributed by atoms with Crippen LogP contribution in [0.25, 0.3) is 0 Å². The molecular weight excluding hydrogens is 245 g/mol. The monoisotopic (exact) mass is 268 g/mol. The number of hydrogen-bond donors (Lipinski definition) is 2. The van der Waals surface area contributed by atoms with Gasteiger partial charge in [0.1, 0.15) is 18.5 Å². The van der Waals surface area contributed by atoms with Crippen molar-refractivity contribution in [2.24, 2.45) is 0 Å². The third kappa shape index (κ3) is 4.90. The number of likely N-dealkylation sites (tertiary alicyclic amines) is 1. The molecule has 0 saturated carbocycles. The normalized spacial score (nSPS) is 18.4. The van der Waals surface area contributed by atoms with Crippen molar-refractivity contribution in [2.75, 3.05) is 26.2 Å². The van der Waals surface area contributed by atoms with Crippen molar-refractivity contribution >= 4 is 0 Å². The molecule has 1 heterocycles. The Morgan fingerprint density at radius 2 is 1.95 bits per heavy atom. The van der Waals surface area contributed by atoms with E-state index in [0.29, 0.717) is 5.56 Å². The molecule has 1 aliphatic heterocycles. The third-order valence-electron chi connectivity index (χ3n) is 3.61. The second-order valence-electron chi connectivity index (χ2n) is 5.28. The van der Waals surface area contributed by atoms with E-state index < -0.39 is 6.10 Å². The number of nitrogens with one attached hydrogen (secondary N) is 1. The van der Waals surface area contributed by atoms with Gasteiger partial charge in [0.05, 0.1) is 26.3 Å². The zero-order chi connectivity index (χ0) is 13.5. The highest BCUT2D eigenvalue weighted by Crippen LogP contribution is 2.07. The van der Waals surface area contributed by atoms with Gasteiger partial charge in [-0.05, 0) is 25.3 Å². The Hall–Kier alpha value is -0.970. The van der Waals surface area contributed by atoms with Gasteiger partial charge in [-0.25, -0.2) is 4.39 Å². The molecule has 4 heteroatoms. The van der Waals surface area contributed by atoms with Gasteiger partial charge in [-0.2, -0.15) is 0 Å². The smallest absolute Gasteiger partial charge is 0.128 e. The lowest BCUT2D eigenvalue weighted by molar-refractivity contribution is -0.908. The van der Waals surface area contributed by atoms with Gasteiger partial charge in [-0.15, -0.1) is 0 Å². The Balaban J connectivity index is 1.66. The van der Waals surface area contributed by atoms with Gasteiger partial charge in [0.2, 0.25) is 0 Å². The van der Waals surface area contributed by atoms with Gasteiger partial charge in [-0.1, -0.05) is 18.2 Å². The van der Waals surface area contributed by atoms with Gasteiger partial charge in [0.25, 0.3) is 0 Å². The number of ether oxygens (including phenoxy) is 1. The summed E-state index contributed by atoms with van der Waals surface area (Å²) in [5.74, 6) is -0.251. The maximum atomic E-state index is 13.3. The molecule has 2 rings (SSSR count). The van der Waals surface area contributed by atoms with E-state index in [1.807, 2.05) is 0 Å². The molecule has 1 aliphatic rings. The van der Waals surface area contributed by atoms with E-state index >= 15 is 0 Å². The topological polar surface area (TPSA) is 33.9 Å². The van der Waals surface area contributed by atoms with Crippen molar-refractivity contribution in [1.29, 1.82) is 0 Å². The number of hydrogen-bond acceptors (Lipinski definition) is 2. The molecule has 0 bridgehead atoms. The minimum Gasteiger partial charge on any atom is -0.385 e. The van der Waals surface area contributed by atoms with E-state index in [9.17, 15) is 9.50 Å². The molecule has 1 saturated heterocycles. The first-order valence-corrected chi connectivity index (χ1v) is 7.08. The van der Waals surface area contributed by atoms with E-state index in [-0.39, 0.29) is 19.0 Å². The molecule has 1 fully saturated rings. The highest BCUT2D eigenvalue weighted by Gasteiger charge is 2.17. The molecule has 1 atom stereocenters. The third-order valence-corrected chi connectivity index (χ3v) is 3.61. The zero-order valence-corrected chi connectivity index (χ0v) is 11.3. The average Bonchev–Trinajstić information content (AvgIpc) is 2.42. The van der Waals surface area contributed by atoms with Crippen LogP contribution in [0.3, 0.4) is 0 Å². The van der Waals surface area contributed by atoms with Crippen LogP contribution in [0.4, 0.5) is 4.39 Å². The molecule has 1 aromatic carbocycles. The number of aliphatic hydroxyl groups is 1. The number of quaternary nitrogens is 1.